The molecule has 1 fully saturated rings. The zero-order chi connectivity index (χ0) is 67.1. The molecule has 0 saturated heterocycles. The van der Waals surface area contributed by atoms with E-state index in [0.717, 1.165) is 28.0 Å². The maximum atomic E-state index is 12.9. The van der Waals surface area contributed by atoms with Crippen LogP contribution in [0.2, 0.25) is 0 Å². The highest BCUT2D eigenvalue weighted by Crippen LogP contribution is 2.39. The Bertz CT molecular complexity index is 4270. The Hall–Kier alpha value is -9.54. The molecule has 12 aromatic rings. The van der Waals surface area contributed by atoms with Crippen LogP contribution in [0.5, 0.6) is 0 Å². The van der Waals surface area contributed by atoms with Crippen LogP contribution in [0.1, 0.15) is 90.3 Å². The molecule has 12 aromatic heterocycles. The Labute approximate surface area is 537 Å². The van der Waals surface area contributed by atoms with E-state index in [0.29, 0.717) is 68.0 Å². The van der Waals surface area contributed by atoms with E-state index in [1.165, 1.54) is 56.8 Å². The zero-order valence-corrected chi connectivity index (χ0v) is 51.9. The molecular formula is C62H71F6N21O6. The van der Waals surface area contributed by atoms with Crippen LogP contribution in [0, 0.1) is 5.92 Å². The maximum Gasteiger partial charge on any atom is 0.391 e. The summed E-state index contributed by atoms with van der Waals surface area (Å²) >= 11 is 0. The smallest absolute Gasteiger partial charge is 0.391 e. The van der Waals surface area contributed by atoms with Crippen LogP contribution >= 0.6 is 0 Å². The first-order valence-corrected chi connectivity index (χ1v) is 31.0. The quantitative estimate of drug-likeness (QED) is 0.0330. The molecule has 33 heteroatoms. The monoisotopic (exact) mass is 1320 g/mol. The van der Waals surface area contributed by atoms with E-state index in [-0.39, 0.29) is 52.3 Å². The molecule has 95 heavy (non-hydrogen) atoms. The Morgan fingerprint density at radius 2 is 0.800 bits per heavy atom. The first kappa shape index (κ1) is 66.9. The molecule has 12 heterocycles. The van der Waals surface area contributed by atoms with Crippen LogP contribution in [-0.2, 0) is 19.6 Å². The minimum Gasteiger partial charge on any atom is -0.394 e. The number of halogens is 6. The summed E-state index contributed by atoms with van der Waals surface area (Å²) < 4.78 is 91.9. The van der Waals surface area contributed by atoms with Crippen molar-refractivity contribution in [2.24, 2.45) is 5.92 Å². The van der Waals surface area contributed by atoms with Gasteiger partial charge in [0.2, 0.25) is 0 Å². The second kappa shape index (κ2) is 29.0. The van der Waals surface area contributed by atoms with Gasteiger partial charge < -0.3 is 30.6 Å². The lowest BCUT2D eigenvalue weighted by atomic mass is 10.0. The molecule has 0 spiro atoms. The zero-order valence-electron chi connectivity index (χ0n) is 51.9. The first-order valence-electron chi connectivity index (χ1n) is 31.0. The number of aliphatic hydroxyl groups is 6. The SMILES string of the molecule is CC[C@@H](CC(F)(F)F)n1cc(-c2nc(-c3cnn(C[C@@H](O)CO)c3)cn3nccc23)cn1.CC[C@H](CC(F)(F)F)n1cc(-c2nc(-c3cnn(C[C@@H](O)CO)c3)cn3nccc23)cn1.CC[C@H]1CCC[C@H]1n1cc(-c2nc(-c3cnn(C[C@@H](O)CO)c3)cn3nccc23)cn1. The Morgan fingerprint density at radius 3 is 1.15 bits per heavy atom. The van der Waals surface area contributed by atoms with Gasteiger partial charge in [-0.15, -0.1) is 0 Å². The van der Waals surface area contributed by atoms with E-state index in [4.69, 9.17) is 35.4 Å². The van der Waals surface area contributed by atoms with Crippen molar-refractivity contribution in [3.05, 3.63) is 130 Å². The number of alkyl halides is 6. The van der Waals surface area contributed by atoms with Gasteiger partial charge in [-0.25, -0.2) is 28.5 Å². The summed E-state index contributed by atoms with van der Waals surface area (Å²) in [6.45, 7) is 5.04. The van der Waals surface area contributed by atoms with E-state index in [2.05, 4.69) is 58.6 Å². The standard InChI is InChI=1S/C22H27N7O2.2C20H22F3N7O2/c1-2-15-4-3-5-20(15)28-11-17(9-25-28)22-21-6-7-23-29(21)13-19(26-22)16-8-24-27(10-16)12-18(31)14-30;2*1-2-15(5-20(21,22)23)29-9-14(7-26-29)19-18-3-4-24-30(18)11-17(27-19)13-6-25-28(8-13)10-16(32)12-31/h6-11,13,15,18,20,30-31H,2-5,12,14H2,1H3;2*3-4,6-9,11,15-16,31-32H,2,5,10,12H2,1H3/t15-,18+,20+;15-,16+;15-,16-/m001/s1. The lowest BCUT2D eigenvalue weighted by Crippen LogP contribution is -2.19. The number of aliphatic hydroxyl groups excluding tert-OH is 6. The van der Waals surface area contributed by atoms with Crippen LogP contribution in [-0.4, -0.2) is 184 Å². The number of fused-ring (bicyclic) bond motifs is 3. The average molecular weight is 1320 g/mol. The number of nitrogens with zero attached hydrogens (tertiary/aromatic N) is 21. The minimum absolute atomic E-state index is 0.123. The van der Waals surface area contributed by atoms with Gasteiger partial charge in [0.25, 0.3) is 0 Å². The molecule has 0 amide bonds. The van der Waals surface area contributed by atoms with Crippen LogP contribution < -0.4 is 0 Å². The molecule has 0 aliphatic heterocycles. The van der Waals surface area contributed by atoms with Crippen molar-refractivity contribution in [3.63, 3.8) is 0 Å². The van der Waals surface area contributed by atoms with E-state index in [1.54, 1.807) is 114 Å². The summed E-state index contributed by atoms with van der Waals surface area (Å²) in [5.74, 6) is 0.683. The van der Waals surface area contributed by atoms with E-state index in [1.807, 2.05) is 29.2 Å². The lowest BCUT2D eigenvalue weighted by Gasteiger charge is -2.18. The van der Waals surface area contributed by atoms with Crippen LogP contribution in [0.3, 0.4) is 0 Å². The van der Waals surface area contributed by atoms with Crippen molar-refractivity contribution in [2.75, 3.05) is 19.8 Å². The maximum absolute atomic E-state index is 12.9. The summed E-state index contributed by atoms with van der Waals surface area (Å²) in [5, 5.41) is 94.6. The summed E-state index contributed by atoms with van der Waals surface area (Å²) in [5.41, 5.74) is 10.2. The van der Waals surface area contributed by atoms with Gasteiger partial charge in [-0.2, -0.15) is 72.2 Å². The predicted octanol–water partition coefficient (Wildman–Crippen LogP) is 7.99. The van der Waals surface area contributed by atoms with Gasteiger partial charge in [0, 0.05) is 70.6 Å². The fourth-order valence-electron chi connectivity index (χ4n) is 11.6. The van der Waals surface area contributed by atoms with Crippen LogP contribution in [0.25, 0.3) is 84.1 Å². The van der Waals surface area contributed by atoms with Crippen molar-refractivity contribution in [1.82, 2.24) is 102 Å². The largest absolute Gasteiger partial charge is 0.394 e. The Kier molecular flexibility index (Phi) is 20.4. The van der Waals surface area contributed by atoms with Gasteiger partial charge in [-0.3, -0.25) is 28.1 Å². The number of aromatic nitrogens is 21. The molecule has 0 aromatic carbocycles. The summed E-state index contributed by atoms with van der Waals surface area (Å²) in [4.78, 5) is 14.3. The van der Waals surface area contributed by atoms with Gasteiger partial charge >= 0.3 is 12.4 Å². The van der Waals surface area contributed by atoms with Crippen molar-refractivity contribution in [2.45, 2.75) is 141 Å². The summed E-state index contributed by atoms with van der Waals surface area (Å²) in [6.07, 6.45) is 22.7. The molecular weight excluding hydrogens is 1250 g/mol. The minimum atomic E-state index is -4.28. The average Bonchev–Trinajstić information content (AvgIpc) is 1.68. The van der Waals surface area contributed by atoms with Gasteiger partial charge in [-0.05, 0) is 49.8 Å². The molecule has 13 rings (SSSR count). The van der Waals surface area contributed by atoms with Crippen LogP contribution in [0.4, 0.5) is 26.3 Å². The summed E-state index contributed by atoms with van der Waals surface area (Å²) in [7, 11) is 0. The molecule has 27 nitrogen and oxygen atoms in total. The molecule has 1 saturated carbocycles. The normalized spacial score (nSPS) is 16.1. The highest BCUT2D eigenvalue weighted by Gasteiger charge is 2.34. The highest BCUT2D eigenvalue weighted by atomic mass is 19.4. The molecule has 502 valence electrons. The molecule has 1 aliphatic carbocycles. The van der Waals surface area contributed by atoms with E-state index in [9.17, 15) is 41.7 Å². The third-order valence-electron chi connectivity index (χ3n) is 16.5. The van der Waals surface area contributed by atoms with Gasteiger partial charge in [-0.1, -0.05) is 33.6 Å². The summed E-state index contributed by atoms with van der Waals surface area (Å²) in [6, 6.07) is 4.33. The molecule has 1 aliphatic rings. The molecule has 7 atom stereocenters. The highest BCUT2D eigenvalue weighted by molar-refractivity contribution is 5.80. The number of rotatable bonds is 23. The third kappa shape index (κ3) is 15.8. The van der Waals surface area contributed by atoms with Crippen LogP contribution in [0.15, 0.2) is 130 Å². The van der Waals surface area contributed by atoms with Gasteiger partial charge in [0.1, 0.15) is 0 Å². The van der Waals surface area contributed by atoms with Crippen molar-refractivity contribution >= 4 is 16.6 Å². The fourth-order valence-corrected chi connectivity index (χ4v) is 11.6. The fraction of sp³-hybridized carbons (Fsp3) is 0.419. The van der Waals surface area contributed by atoms with Gasteiger partial charge in [0.15, 0.2) is 0 Å². The third-order valence-corrected chi connectivity index (χ3v) is 16.5. The molecule has 0 unspecified atom stereocenters. The number of hydrogen-bond acceptors (Lipinski definition) is 18. The Morgan fingerprint density at radius 1 is 0.442 bits per heavy atom. The predicted molar refractivity (Wildman–Crippen MR) is 332 cm³/mol. The van der Waals surface area contributed by atoms with Gasteiger partial charge in [0.05, 0.1) is 214 Å². The van der Waals surface area contributed by atoms with E-state index >= 15 is 0 Å². The van der Waals surface area contributed by atoms with Crippen molar-refractivity contribution < 1.29 is 57.0 Å². The molecule has 6 N–H and O–H groups in total. The number of hydrogen-bond donors (Lipinski definition) is 6. The molecule has 0 bridgehead atoms. The first-order chi connectivity index (χ1) is 45.7. The molecule has 0 radical (unpaired) electrons. The van der Waals surface area contributed by atoms with Crippen molar-refractivity contribution in [1.29, 1.82) is 0 Å². The topological polar surface area (TPSA) is 319 Å². The second-order valence-corrected chi connectivity index (χ2v) is 23.3. The van der Waals surface area contributed by atoms with Crippen molar-refractivity contribution in [3.8, 4) is 67.5 Å². The lowest BCUT2D eigenvalue weighted by molar-refractivity contribution is -0.144. The second-order valence-electron chi connectivity index (χ2n) is 23.3. The van der Waals surface area contributed by atoms with E-state index < -0.39 is 55.6 Å². The Balaban J connectivity index is 0.000000145.